The van der Waals surface area contributed by atoms with Crippen LogP contribution in [0.3, 0.4) is 0 Å². The van der Waals surface area contributed by atoms with Gasteiger partial charge < -0.3 is 10.2 Å². The van der Waals surface area contributed by atoms with E-state index in [-0.39, 0.29) is 11.5 Å². The van der Waals surface area contributed by atoms with Gasteiger partial charge in [0.15, 0.2) is 11.5 Å². The van der Waals surface area contributed by atoms with Gasteiger partial charge in [0, 0.05) is 10.0 Å². The molecule has 27 heavy (non-hydrogen) atoms. The molecular weight excluding hydrogens is 400 g/mol. The SMILES string of the molecule is CCCCCCCCCc1c(Br)cc(O)c(O)c1CCCCCCCCC. The van der Waals surface area contributed by atoms with Crippen molar-refractivity contribution >= 4 is 15.9 Å². The Balaban J connectivity index is 2.49. The zero-order valence-corrected chi connectivity index (χ0v) is 19.2. The Kier molecular flexibility index (Phi) is 13.7. The minimum atomic E-state index is 0.00290. The van der Waals surface area contributed by atoms with Crippen molar-refractivity contribution in [1.29, 1.82) is 0 Å². The molecule has 2 nitrogen and oxygen atoms in total. The molecule has 0 aliphatic heterocycles. The molecular formula is C24H41BrO2. The zero-order valence-electron chi connectivity index (χ0n) is 17.7. The maximum atomic E-state index is 10.4. The Morgan fingerprint density at radius 3 is 1.52 bits per heavy atom. The van der Waals surface area contributed by atoms with Gasteiger partial charge in [-0.25, -0.2) is 0 Å². The molecule has 0 fully saturated rings. The second kappa shape index (κ2) is 15.2. The van der Waals surface area contributed by atoms with Gasteiger partial charge in [0.05, 0.1) is 0 Å². The van der Waals surface area contributed by atoms with E-state index in [0.29, 0.717) is 0 Å². The van der Waals surface area contributed by atoms with Crippen molar-refractivity contribution in [2.45, 2.75) is 117 Å². The zero-order chi connectivity index (χ0) is 19.9. The first kappa shape index (κ1) is 24.3. The maximum Gasteiger partial charge on any atom is 0.161 e. The van der Waals surface area contributed by atoms with E-state index in [1.54, 1.807) is 6.07 Å². The van der Waals surface area contributed by atoms with Gasteiger partial charge >= 0.3 is 0 Å². The van der Waals surface area contributed by atoms with Gasteiger partial charge in [-0.3, -0.25) is 0 Å². The number of halogens is 1. The lowest BCUT2D eigenvalue weighted by molar-refractivity contribution is 0.397. The third kappa shape index (κ3) is 9.87. The van der Waals surface area contributed by atoms with Crippen molar-refractivity contribution < 1.29 is 10.2 Å². The van der Waals surface area contributed by atoms with E-state index in [1.807, 2.05) is 0 Å². The predicted molar refractivity (Wildman–Crippen MR) is 121 cm³/mol. The van der Waals surface area contributed by atoms with E-state index >= 15 is 0 Å². The fourth-order valence-corrected chi connectivity index (χ4v) is 4.43. The normalized spacial score (nSPS) is 11.2. The van der Waals surface area contributed by atoms with Gasteiger partial charge in [-0.05, 0) is 37.3 Å². The number of unbranched alkanes of at least 4 members (excludes halogenated alkanes) is 12. The number of phenolic OH excluding ortho intramolecular Hbond substituents is 2. The van der Waals surface area contributed by atoms with Crippen molar-refractivity contribution in [2.75, 3.05) is 0 Å². The summed E-state index contributed by atoms with van der Waals surface area (Å²) in [6.45, 7) is 4.50. The number of benzene rings is 1. The first-order chi connectivity index (χ1) is 13.1. The van der Waals surface area contributed by atoms with Crippen LogP contribution < -0.4 is 0 Å². The molecule has 0 aliphatic rings. The average Bonchev–Trinajstić information content (AvgIpc) is 2.65. The molecule has 1 aromatic carbocycles. The summed E-state index contributed by atoms with van der Waals surface area (Å²) in [6.07, 6.45) is 19.7. The minimum Gasteiger partial charge on any atom is -0.504 e. The summed E-state index contributed by atoms with van der Waals surface area (Å²) in [6, 6.07) is 1.65. The molecule has 0 saturated heterocycles. The molecule has 3 heteroatoms. The number of phenols is 2. The molecule has 0 bridgehead atoms. The van der Waals surface area contributed by atoms with Gasteiger partial charge in [0.1, 0.15) is 0 Å². The molecule has 156 valence electrons. The number of hydrogen-bond donors (Lipinski definition) is 2. The molecule has 0 atom stereocenters. The smallest absolute Gasteiger partial charge is 0.161 e. The minimum absolute atomic E-state index is 0.00290. The highest BCUT2D eigenvalue weighted by atomic mass is 79.9. The monoisotopic (exact) mass is 440 g/mol. The van der Waals surface area contributed by atoms with Crippen LogP contribution in [0.2, 0.25) is 0 Å². The highest BCUT2D eigenvalue weighted by molar-refractivity contribution is 9.10. The van der Waals surface area contributed by atoms with E-state index in [1.165, 1.54) is 82.6 Å². The van der Waals surface area contributed by atoms with Gasteiger partial charge in [-0.1, -0.05) is 107 Å². The van der Waals surface area contributed by atoms with Crippen LogP contribution in [0.1, 0.15) is 115 Å². The summed E-state index contributed by atoms with van der Waals surface area (Å²) >= 11 is 3.62. The molecule has 0 amide bonds. The topological polar surface area (TPSA) is 40.5 Å². The molecule has 0 spiro atoms. The van der Waals surface area contributed by atoms with Crippen LogP contribution in [0.4, 0.5) is 0 Å². The van der Waals surface area contributed by atoms with Crippen molar-refractivity contribution in [1.82, 2.24) is 0 Å². The second-order valence-electron chi connectivity index (χ2n) is 7.93. The summed E-state index contributed by atoms with van der Waals surface area (Å²) in [5.74, 6) is 0.102. The summed E-state index contributed by atoms with van der Waals surface area (Å²) in [4.78, 5) is 0. The van der Waals surface area contributed by atoms with Crippen LogP contribution in [0.25, 0.3) is 0 Å². The fraction of sp³-hybridized carbons (Fsp3) is 0.750. The molecule has 0 heterocycles. The van der Waals surface area contributed by atoms with Crippen LogP contribution in [0.5, 0.6) is 11.5 Å². The molecule has 0 radical (unpaired) electrons. The number of hydrogen-bond acceptors (Lipinski definition) is 2. The third-order valence-corrected chi connectivity index (χ3v) is 6.21. The summed E-state index contributed by atoms with van der Waals surface area (Å²) in [7, 11) is 0. The van der Waals surface area contributed by atoms with E-state index in [2.05, 4.69) is 29.8 Å². The quantitative estimate of drug-likeness (QED) is 0.200. The van der Waals surface area contributed by atoms with Crippen molar-refractivity contribution in [3.8, 4) is 11.5 Å². The first-order valence-electron chi connectivity index (χ1n) is 11.3. The van der Waals surface area contributed by atoms with Crippen LogP contribution >= 0.6 is 15.9 Å². The Morgan fingerprint density at radius 2 is 1.04 bits per heavy atom. The van der Waals surface area contributed by atoms with Gasteiger partial charge in [0.2, 0.25) is 0 Å². The highest BCUT2D eigenvalue weighted by Gasteiger charge is 2.15. The van der Waals surface area contributed by atoms with Crippen LogP contribution in [0.15, 0.2) is 10.5 Å². The van der Waals surface area contributed by atoms with E-state index in [9.17, 15) is 10.2 Å². The summed E-state index contributed by atoms with van der Waals surface area (Å²) < 4.78 is 0.946. The molecule has 0 aromatic heterocycles. The molecule has 0 saturated carbocycles. The second-order valence-corrected chi connectivity index (χ2v) is 8.78. The van der Waals surface area contributed by atoms with Crippen LogP contribution in [0, 0.1) is 0 Å². The fourth-order valence-electron chi connectivity index (χ4n) is 3.77. The van der Waals surface area contributed by atoms with Gasteiger partial charge in [-0.2, -0.15) is 0 Å². The summed E-state index contributed by atoms with van der Waals surface area (Å²) in [5, 5.41) is 20.4. The molecule has 1 aromatic rings. The Labute approximate surface area is 175 Å². The number of aromatic hydroxyl groups is 2. The van der Waals surface area contributed by atoms with Gasteiger partial charge in [0.25, 0.3) is 0 Å². The first-order valence-corrected chi connectivity index (χ1v) is 12.1. The molecule has 1 rings (SSSR count). The summed E-state index contributed by atoms with van der Waals surface area (Å²) in [5.41, 5.74) is 2.16. The Bertz CT molecular complexity index is 514. The maximum absolute atomic E-state index is 10.4. The third-order valence-electron chi connectivity index (χ3n) is 5.51. The predicted octanol–water partition coefficient (Wildman–Crippen LogP) is 8.45. The van der Waals surface area contributed by atoms with Crippen molar-refractivity contribution in [3.05, 3.63) is 21.7 Å². The Hall–Kier alpha value is -0.700. The van der Waals surface area contributed by atoms with E-state index < -0.39 is 0 Å². The lowest BCUT2D eigenvalue weighted by atomic mass is 9.95. The van der Waals surface area contributed by atoms with E-state index in [0.717, 1.165) is 35.7 Å². The lowest BCUT2D eigenvalue weighted by Crippen LogP contribution is -1.98. The highest BCUT2D eigenvalue weighted by Crippen LogP contribution is 2.38. The largest absolute Gasteiger partial charge is 0.504 e. The molecule has 0 aliphatic carbocycles. The Morgan fingerprint density at radius 1 is 0.630 bits per heavy atom. The van der Waals surface area contributed by atoms with Crippen LogP contribution in [-0.2, 0) is 12.8 Å². The number of rotatable bonds is 16. The lowest BCUT2D eigenvalue weighted by Gasteiger charge is -2.15. The van der Waals surface area contributed by atoms with E-state index in [4.69, 9.17) is 0 Å². The molecule has 0 unspecified atom stereocenters. The van der Waals surface area contributed by atoms with Crippen molar-refractivity contribution in [3.63, 3.8) is 0 Å². The van der Waals surface area contributed by atoms with Crippen LogP contribution in [-0.4, -0.2) is 10.2 Å². The van der Waals surface area contributed by atoms with Gasteiger partial charge in [-0.15, -0.1) is 0 Å². The standard InChI is InChI=1S/C24H41BrO2/c1-3-5-7-9-11-13-15-17-20-21(24(27)23(26)19-22(20)25)18-16-14-12-10-8-6-4-2/h19,26-27H,3-18H2,1-2H3. The van der Waals surface area contributed by atoms with Crippen molar-refractivity contribution in [2.24, 2.45) is 0 Å². The molecule has 2 N–H and O–H groups in total. The average molecular weight is 441 g/mol.